The number of methoxy groups -OCH3 is 1. The minimum absolute atomic E-state index is 0.0403. The molecule has 32 heavy (non-hydrogen) atoms. The molecule has 0 amide bonds. The number of benzene rings is 3. The fourth-order valence-corrected chi connectivity index (χ4v) is 3.84. The van der Waals surface area contributed by atoms with E-state index in [-0.39, 0.29) is 17.5 Å². The topological polar surface area (TPSA) is 85.2 Å². The van der Waals surface area contributed by atoms with Crippen LogP contribution in [0.4, 0.5) is 10.1 Å². The molecule has 0 spiro atoms. The smallest absolute Gasteiger partial charge is 0.305 e. The van der Waals surface area contributed by atoms with Crippen LogP contribution in [0, 0.1) is 15.9 Å². The molecule has 0 unspecified atom stereocenters. The van der Waals surface area contributed by atoms with E-state index in [0.29, 0.717) is 19.3 Å². The van der Waals surface area contributed by atoms with Crippen molar-refractivity contribution in [3.8, 4) is 22.4 Å². The number of carbonyl (C=O) groups is 1. The normalized spacial score (nSPS) is 10.9. The van der Waals surface area contributed by atoms with Crippen molar-refractivity contribution in [2.75, 3.05) is 7.11 Å². The van der Waals surface area contributed by atoms with Crippen molar-refractivity contribution in [3.63, 3.8) is 0 Å². The van der Waals surface area contributed by atoms with Gasteiger partial charge in [0.15, 0.2) is 0 Å². The second-order valence-electron chi connectivity index (χ2n) is 7.48. The summed E-state index contributed by atoms with van der Waals surface area (Å²) in [5.74, 6) is -0.572. The third kappa shape index (κ3) is 4.37. The molecule has 1 heterocycles. The molecule has 0 bridgehead atoms. The maximum absolute atomic E-state index is 13.5. The lowest BCUT2D eigenvalue weighted by atomic mass is 9.97. The van der Waals surface area contributed by atoms with Crippen LogP contribution in [0.3, 0.4) is 0 Å². The molecule has 0 saturated heterocycles. The number of nitrogens with one attached hydrogen (secondary N) is 1. The molecule has 0 aliphatic heterocycles. The summed E-state index contributed by atoms with van der Waals surface area (Å²) in [6, 6.07) is 18.7. The average Bonchev–Trinajstić information content (AvgIpc) is 3.17. The van der Waals surface area contributed by atoms with Crippen molar-refractivity contribution < 1.29 is 18.8 Å². The van der Waals surface area contributed by atoms with E-state index in [1.165, 1.54) is 31.4 Å². The summed E-state index contributed by atoms with van der Waals surface area (Å²) in [4.78, 5) is 25.5. The van der Waals surface area contributed by atoms with Gasteiger partial charge in [-0.1, -0.05) is 6.07 Å². The molecule has 0 fully saturated rings. The molecule has 0 radical (unpaired) electrons. The van der Waals surface area contributed by atoms with Gasteiger partial charge in [0, 0.05) is 35.2 Å². The van der Waals surface area contributed by atoms with Crippen molar-refractivity contribution in [2.24, 2.45) is 0 Å². The number of rotatable bonds is 7. The third-order valence-corrected chi connectivity index (χ3v) is 5.49. The first-order valence-corrected chi connectivity index (χ1v) is 10.2. The molecule has 7 heteroatoms. The van der Waals surface area contributed by atoms with Gasteiger partial charge < -0.3 is 9.72 Å². The lowest BCUT2D eigenvalue weighted by molar-refractivity contribution is -0.384. The van der Waals surface area contributed by atoms with E-state index in [1.807, 2.05) is 18.2 Å². The molecule has 0 saturated carbocycles. The van der Waals surface area contributed by atoms with Gasteiger partial charge in [-0.2, -0.15) is 0 Å². The molecule has 4 rings (SSSR count). The predicted molar refractivity (Wildman–Crippen MR) is 121 cm³/mol. The molecule has 3 aromatic carbocycles. The number of aromatic nitrogens is 1. The number of hydrogen-bond acceptors (Lipinski definition) is 4. The number of ether oxygens (including phenoxy) is 1. The maximum atomic E-state index is 13.5. The minimum Gasteiger partial charge on any atom is -0.469 e. The number of esters is 1. The Labute approximate surface area is 183 Å². The highest BCUT2D eigenvalue weighted by Crippen LogP contribution is 2.34. The van der Waals surface area contributed by atoms with Gasteiger partial charge in [-0.15, -0.1) is 0 Å². The molecular formula is C25H21FN2O4. The lowest BCUT2D eigenvalue weighted by Crippen LogP contribution is -2.00. The van der Waals surface area contributed by atoms with Gasteiger partial charge in [0.1, 0.15) is 5.82 Å². The number of nitrogens with zero attached hydrogens (tertiary/aromatic N) is 1. The van der Waals surface area contributed by atoms with Crippen molar-refractivity contribution >= 4 is 22.6 Å². The summed E-state index contributed by atoms with van der Waals surface area (Å²) in [5, 5.41) is 11.9. The van der Waals surface area contributed by atoms with E-state index in [1.54, 1.807) is 24.3 Å². The van der Waals surface area contributed by atoms with Gasteiger partial charge >= 0.3 is 5.97 Å². The Morgan fingerprint density at radius 1 is 1.00 bits per heavy atom. The average molecular weight is 432 g/mol. The molecular weight excluding hydrogens is 411 g/mol. The molecule has 1 aromatic heterocycles. The van der Waals surface area contributed by atoms with Crippen molar-refractivity contribution in [1.29, 1.82) is 0 Å². The Bertz CT molecular complexity index is 1280. The summed E-state index contributed by atoms with van der Waals surface area (Å²) in [5.41, 5.74) is 5.51. The standard InChI is InChI=1S/C25H21FN2O4/c1-32-24(29)4-2-3-21-22-15-18(16-7-12-20(13-8-16)28(30)31)9-14-23(22)27-25(21)17-5-10-19(26)11-6-17/h5-15,27H,2-4H2,1H3. The number of aromatic amines is 1. The van der Waals surface area contributed by atoms with Crippen molar-refractivity contribution in [1.82, 2.24) is 4.98 Å². The van der Waals surface area contributed by atoms with Gasteiger partial charge in [0.05, 0.1) is 12.0 Å². The predicted octanol–water partition coefficient (Wildman–Crippen LogP) is 6.04. The summed E-state index contributed by atoms with van der Waals surface area (Å²) in [6.45, 7) is 0. The maximum Gasteiger partial charge on any atom is 0.305 e. The van der Waals surface area contributed by atoms with E-state index in [2.05, 4.69) is 4.98 Å². The Morgan fingerprint density at radius 2 is 1.66 bits per heavy atom. The van der Waals surface area contributed by atoms with Gasteiger partial charge in [-0.3, -0.25) is 14.9 Å². The molecule has 0 aliphatic carbocycles. The highest BCUT2D eigenvalue weighted by Gasteiger charge is 2.15. The monoisotopic (exact) mass is 432 g/mol. The summed E-state index contributed by atoms with van der Waals surface area (Å²) in [6.07, 6.45) is 1.54. The quantitative estimate of drug-likeness (QED) is 0.219. The number of halogens is 1. The van der Waals surface area contributed by atoms with E-state index < -0.39 is 4.92 Å². The number of carbonyl (C=O) groups excluding carboxylic acids is 1. The van der Waals surface area contributed by atoms with E-state index in [9.17, 15) is 19.3 Å². The number of H-pyrrole nitrogens is 1. The number of fused-ring (bicyclic) bond motifs is 1. The number of non-ortho nitro benzene ring substituents is 1. The van der Waals surface area contributed by atoms with Gasteiger partial charge in [0.2, 0.25) is 0 Å². The van der Waals surface area contributed by atoms with Crippen LogP contribution in [0.1, 0.15) is 18.4 Å². The molecule has 4 aromatic rings. The molecule has 162 valence electrons. The van der Waals surface area contributed by atoms with Crippen LogP contribution >= 0.6 is 0 Å². The largest absolute Gasteiger partial charge is 0.469 e. The summed E-state index contributed by atoms with van der Waals surface area (Å²) < 4.78 is 18.2. The first-order valence-electron chi connectivity index (χ1n) is 10.2. The van der Waals surface area contributed by atoms with Crippen LogP contribution in [0.25, 0.3) is 33.3 Å². The minimum atomic E-state index is -0.423. The first-order chi connectivity index (χ1) is 15.5. The second-order valence-corrected chi connectivity index (χ2v) is 7.48. The highest BCUT2D eigenvalue weighted by molar-refractivity contribution is 5.94. The molecule has 6 nitrogen and oxygen atoms in total. The van der Waals surface area contributed by atoms with Crippen LogP contribution < -0.4 is 0 Å². The molecule has 1 N–H and O–H groups in total. The Kier molecular flexibility index (Phi) is 5.98. The Hall–Kier alpha value is -4.00. The number of aryl methyl sites for hydroxylation is 1. The fourth-order valence-electron chi connectivity index (χ4n) is 3.84. The SMILES string of the molecule is COC(=O)CCCc1c(-c2ccc(F)cc2)[nH]c2ccc(-c3ccc([N+](=O)[O-])cc3)cc12. The van der Waals surface area contributed by atoms with Gasteiger partial charge in [-0.05, 0) is 83.6 Å². The number of nitro groups is 1. The number of hydrogen-bond donors (Lipinski definition) is 1. The summed E-state index contributed by atoms with van der Waals surface area (Å²) >= 11 is 0. The van der Waals surface area contributed by atoms with Crippen molar-refractivity contribution in [3.05, 3.63) is 88.2 Å². The molecule has 0 atom stereocenters. The third-order valence-electron chi connectivity index (χ3n) is 5.49. The second kappa shape index (κ2) is 9.01. The zero-order chi connectivity index (χ0) is 22.7. The lowest BCUT2D eigenvalue weighted by Gasteiger charge is -2.07. The Morgan fingerprint density at radius 3 is 2.31 bits per heavy atom. The van der Waals surface area contributed by atoms with E-state index in [4.69, 9.17) is 4.74 Å². The zero-order valence-electron chi connectivity index (χ0n) is 17.4. The van der Waals surface area contributed by atoms with Gasteiger partial charge in [-0.25, -0.2) is 4.39 Å². The Balaban J connectivity index is 1.77. The van der Waals surface area contributed by atoms with Crippen LogP contribution in [-0.4, -0.2) is 23.0 Å². The first kappa shape index (κ1) is 21.2. The van der Waals surface area contributed by atoms with Crippen molar-refractivity contribution in [2.45, 2.75) is 19.3 Å². The highest BCUT2D eigenvalue weighted by atomic mass is 19.1. The van der Waals surface area contributed by atoms with E-state index >= 15 is 0 Å². The van der Waals surface area contributed by atoms with Crippen LogP contribution in [-0.2, 0) is 16.0 Å². The number of nitro benzene ring substituents is 1. The van der Waals surface area contributed by atoms with Gasteiger partial charge in [0.25, 0.3) is 5.69 Å². The summed E-state index contributed by atoms with van der Waals surface area (Å²) in [7, 11) is 1.37. The fraction of sp³-hybridized carbons (Fsp3) is 0.160. The molecule has 0 aliphatic rings. The van der Waals surface area contributed by atoms with E-state index in [0.717, 1.165) is 38.9 Å². The zero-order valence-corrected chi connectivity index (χ0v) is 17.4. The van der Waals surface area contributed by atoms with Crippen LogP contribution in [0.5, 0.6) is 0 Å². The van der Waals surface area contributed by atoms with Crippen LogP contribution in [0.2, 0.25) is 0 Å². The van der Waals surface area contributed by atoms with Crippen LogP contribution in [0.15, 0.2) is 66.7 Å².